The molecule has 0 aliphatic carbocycles. The van der Waals surface area contributed by atoms with Crippen molar-refractivity contribution in [3.05, 3.63) is 64.9 Å². The molecule has 0 atom stereocenters. The van der Waals surface area contributed by atoms with Gasteiger partial charge in [0.2, 0.25) is 5.91 Å². The molecule has 136 valence electrons. The van der Waals surface area contributed by atoms with Crippen LogP contribution in [-0.4, -0.2) is 35.8 Å². The number of anilines is 1. The molecule has 0 bridgehead atoms. The Balaban J connectivity index is 1.65. The number of rotatable bonds is 8. The van der Waals surface area contributed by atoms with Gasteiger partial charge in [0, 0.05) is 16.3 Å². The molecular weight excluding hydrogens is 381 g/mol. The molecule has 26 heavy (non-hydrogen) atoms. The maximum Gasteiger partial charge on any atom is 0.316 e. The van der Waals surface area contributed by atoms with Gasteiger partial charge in [-0.2, -0.15) is 0 Å². The quantitative estimate of drug-likeness (QED) is 0.546. The van der Waals surface area contributed by atoms with Crippen molar-refractivity contribution in [3.8, 4) is 0 Å². The SMILES string of the molecule is O=C(CSCC(=O)OCC(=O)c1ccc(F)cc1)Nc1ccc(Cl)cc1. The lowest BCUT2D eigenvalue weighted by Gasteiger charge is -2.06. The average Bonchev–Trinajstić information content (AvgIpc) is 2.62. The highest BCUT2D eigenvalue weighted by molar-refractivity contribution is 8.00. The lowest BCUT2D eigenvalue weighted by molar-refractivity contribution is -0.139. The van der Waals surface area contributed by atoms with E-state index in [0.717, 1.165) is 23.9 Å². The molecule has 1 amide bonds. The predicted molar refractivity (Wildman–Crippen MR) is 99.1 cm³/mol. The minimum Gasteiger partial charge on any atom is -0.457 e. The van der Waals surface area contributed by atoms with Gasteiger partial charge in [-0.15, -0.1) is 11.8 Å². The topological polar surface area (TPSA) is 72.5 Å². The highest BCUT2D eigenvalue weighted by Crippen LogP contribution is 2.14. The Labute approximate surface area is 158 Å². The van der Waals surface area contributed by atoms with Crippen molar-refractivity contribution in [1.29, 1.82) is 0 Å². The normalized spacial score (nSPS) is 10.2. The van der Waals surface area contributed by atoms with Crippen molar-refractivity contribution < 1.29 is 23.5 Å². The zero-order chi connectivity index (χ0) is 18.9. The summed E-state index contributed by atoms with van der Waals surface area (Å²) in [6.45, 7) is -0.429. The summed E-state index contributed by atoms with van der Waals surface area (Å²) in [5.74, 6) is -1.76. The van der Waals surface area contributed by atoms with Gasteiger partial charge in [-0.25, -0.2) is 4.39 Å². The standard InChI is InChI=1S/C18H15ClFNO4S/c19-13-3-7-15(8-4-13)21-17(23)10-26-11-18(24)25-9-16(22)12-1-5-14(20)6-2-12/h1-8H,9-11H2,(H,21,23). The lowest BCUT2D eigenvalue weighted by atomic mass is 10.1. The second-order valence-corrected chi connectivity index (χ2v) is 6.56. The van der Waals surface area contributed by atoms with E-state index in [1.54, 1.807) is 24.3 Å². The van der Waals surface area contributed by atoms with Crippen LogP contribution in [0.1, 0.15) is 10.4 Å². The van der Waals surface area contributed by atoms with Crippen LogP contribution in [0.25, 0.3) is 0 Å². The molecule has 0 spiro atoms. The van der Waals surface area contributed by atoms with Crippen LogP contribution < -0.4 is 5.32 Å². The first-order valence-corrected chi connectivity index (χ1v) is 9.05. The third kappa shape index (κ3) is 6.85. The first-order chi connectivity index (χ1) is 12.4. The van der Waals surface area contributed by atoms with Crippen molar-refractivity contribution in [2.24, 2.45) is 0 Å². The van der Waals surface area contributed by atoms with Crippen LogP contribution >= 0.6 is 23.4 Å². The second kappa shape index (κ2) is 9.94. The number of nitrogens with one attached hydrogen (secondary N) is 1. The van der Waals surface area contributed by atoms with Crippen LogP contribution in [0.3, 0.4) is 0 Å². The molecule has 0 aromatic heterocycles. The number of hydrogen-bond donors (Lipinski definition) is 1. The molecule has 2 aromatic rings. The number of carbonyl (C=O) groups is 3. The number of ketones is 1. The molecule has 0 aliphatic heterocycles. The molecule has 0 aliphatic rings. The summed E-state index contributed by atoms with van der Waals surface area (Å²) >= 11 is 6.82. The van der Waals surface area contributed by atoms with E-state index in [4.69, 9.17) is 16.3 Å². The lowest BCUT2D eigenvalue weighted by Crippen LogP contribution is -2.18. The van der Waals surface area contributed by atoms with Gasteiger partial charge in [0.05, 0.1) is 11.5 Å². The van der Waals surface area contributed by atoms with E-state index in [1.165, 1.54) is 12.1 Å². The Morgan fingerprint density at radius 3 is 2.31 bits per heavy atom. The largest absolute Gasteiger partial charge is 0.457 e. The molecule has 8 heteroatoms. The van der Waals surface area contributed by atoms with Gasteiger partial charge in [-0.3, -0.25) is 14.4 Å². The fraction of sp³-hybridized carbons (Fsp3) is 0.167. The summed E-state index contributed by atoms with van der Waals surface area (Å²) in [5, 5.41) is 3.23. The Morgan fingerprint density at radius 2 is 1.65 bits per heavy atom. The summed E-state index contributed by atoms with van der Waals surface area (Å²) in [6, 6.07) is 11.6. The third-order valence-electron chi connectivity index (χ3n) is 3.11. The highest BCUT2D eigenvalue weighted by Gasteiger charge is 2.11. The van der Waals surface area contributed by atoms with Gasteiger partial charge in [0.1, 0.15) is 5.82 Å². The zero-order valence-electron chi connectivity index (χ0n) is 13.5. The maximum atomic E-state index is 12.8. The van der Waals surface area contributed by atoms with E-state index in [1.807, 2.05) is 0 Å². The van der Waals surface area contributed by atoms with Gasteiger partial charge in [-0.1, -0.05) is 11.6 Å². The van der Waals surface area contributed by atoms with Crippen LogP contribution in [0, 0.1) is 5.82 Å². The molecule has 1 N–H and O–H groups in total. The minimum absolute atomic E-state index is 0.0592. The summed E-state index contributed by atoms with van der Waals surface area (Å²) in [4.78, 5) is 35.2. The molecule has 2 aromatic carbocycles. The Morgan fingerprint density at radius 1 is 1.00 bits per heavy atom. The second-order valence-electron chi connectivity index (χ2n) is 5.14. The first kappa shape index (κ1) is 19.9. The number of benzene rings is 2. The smallest absolute Gasteiger partial charge is 0.316 e. The molecule has 0 heterocycles. The average molecular weight is 396 g/mol. The number of esters is 1. The van der Waals surface area contributed by atoms with Gasteiger partial charge in [0.25, 0.3) is 0 Å². The number of ether oxygens (including phenoxy) is 1. The third-order valence-corrected chi connectivity index (χ3v) is 4.27. The van der Waals surface area contributed by atoms with Gasteiger partial charge < -0.3 is 10.1 Å². The summed E-state index contributed by atoms with van der Waals surface area (Å²) in [5.41, 5.74) is 0.863. The van der Waals surface area contributed by atoms with E-state index in [2.05, 4.69) is 5.32 Å². The number of halogens is 2. The molecule has 0 fully saturated rings. The molecular formula is C18H15ClFNO4S. The van der Waals surface area contributed by atoms with Crippen molar-refractivity contribution >= 4 is 46.7 Å². The molecule has 5 nitrogen and oxygen atoms in total. The van der Waals surface area contributed by atoms with Gasteiger partial charge in [-0.05, 0) is 48.5 Å². The number of Topliss-reactive ketones (excluding diaryl/α,β-unsaturated/α-hetero) is 1. The van der Waals surface area contributed by atoms with E-state index in [9.17, 15) is 18.8 Å². The molecule has 0 radical (unpaired) electrons. The van der Waals surface area contributed by atoms with E-state index in [-0.39, 0.29) is 23.0 Å². The number of carbonyl (C=O) groups excluding carboxylic acids is 3. The van der Waals surface area contributed by atoms with Crippen LogP contribution in [0.4, 0.5) is 10.1 Å². The fourth-order valence-corrected chi connectivity index (χ4v) is 2.60. The van der Waals surface area contributed by atoms with Crippen LogP contribution in [0.5, 0.6) is 0 Å². The van der Waals surface area contributed by atoms with Crippen LogP contribution in [0.2, 0.25) is 5.02 Å². The highest BCUT2D eigenvalue weighted by atomic mass is 35.5. The van der Waals surface area contributed by atoms with Crippen molar-refractivity contribution in [3.63, 3.8) is 0 Å². The zero-order valence-corrected chi connectivity index (χ0v) is 15.1. The van der Waals surface area contributed by atoms with Gasteiger partial charge >= 0.3 is 5.97 Å². The monoisotopic (exact) mass is 395 g/mol. The fourth-order valence-electron chi connectivity index (χ4n) is 1.86. The summed E-state index contributed by atoms with van der Waals surface area (Å²) in [7, 11) is 0. The van der Waals surface area contributed by atoms with Crippen LogP contribution in [-0.2, 0) is 14.3 Å². The summed E-state index contributed by atoms with van der Waals surface area (Å²) in [6.07, 6.45) is 0. The predicted octanol–water partition coefficient (Wildman–Crippen LogP) is 3.58. The number of thioether (sulfide) groups is 1. The van der Waals surface area contributed by atoms with E-state index >= 15 is 0 Å². The maximum absolute atomic E-state index is 12.8. The summed E-state index contributed by atoms with van der Waals surface area (Å²) < 4.78 is 17.6. The van der Waals surface area contributed by atoms with Crippen LogP contribution in [0.15, 0.2) is 48.5 Å². The minimum atomic E-state index is -0.607. The van der Waals surface area contributed by atoms with Crippen molar-refractivity contribution in [1.82, 2.24) is 0 Å². The molecule has 0 saturated carbocycles. The molecule has 0 saturated heterocycles. The van der Waals surface area contributed by atoms with Crippen molar-refractivity contribution in [2.45, 2.75) is 0 Å². The van der Waals surface area contributed by atoms with E-state index in [0.29, 0.717) is 10.7 Å². The number of hydrogen-bond acceptors (Lipinski definition) is 5. The van der Waals surface area contributed by atoms with Gasteiger partial charge in [0.15, 0.2) is 12.4 Å². The Hall–Kier alpha value is -2.38. The Bertz CT molecular complexity index is 781. The molecule has 2 rings (SSSR count). The molecule has 0 unspecified atom stereocenters. The van der Waals surface area contributed by atoms with Crippen molar-refractivity contribution in [2.75, 3.05) is 23.4 Å². The Kier molecular flexibility index (Phi) is 7.62. The number of amides is 1. The first-order valence-electron chi connectivity index (χ1n) is 7.51. The van der Waals surface area contributed by atoms with E-state index < -0.39 is 24.2 Å².